The second kappa shape index (κ2) is 2.49. The van der Waals surface area contributed by atoms with Crippen LogP contribution < -0.4 is 0 Å². The lowest BCUT2D eigenvalue weighted by Gasteiger charge is -2.12. The molecule has 0 atom stereocenters. The van der Waals surface area contributed by atoms with Gasteiger partial charge < -0.3 is 0 Å². The molecule has 0 aromatic carbocycles. The standard InChI is InChI=1S/CH9B5/c1-5(2)6(3)4/h1-3H3/q-2. The molecule has 0 N–H and O–H groups in total. The average molecular weight is 75.1 g/mol. The van der Waals surface area contributed by atoms with Crippen molar-refractivity contribution in [3.63, 3.8) is 0 Å². The van der Waals surface area contributed by atoms with Crippen molar-refractivity contribution in [1.29, 1.82) is 0 Å². The van der Waals surface area contributed by atoms with Crippen LogP contribution in [0.4, 0.5) is 0 Å². The van der Waals surface area contributed by atoms with Crippen molar-refractivity contribution in [3.05, 3.63) is 0 Å². The Bertz CT molecular complexity index is 24.9. The second-order valence-corrected chi connectivity index (χ2v) is 0.526. The summed E-state index contributed by atoms with van der Waals surface area (Å²) in [6, 6.07) is 0. The smallest absolute Gasteiger partial charge is 0.0373 e. The van der Waals surface area contributed by atoms with Crippen LogP contribution in [0.5, 0.6) is 0 Å². The Balaban J connectivity index is 2.99. The molecule has 6 heavy (non-hydrogen) atoms. The van der Waals surface area contributed by atoms with Gasteiger partial charge >= 0.3 is 0 Å². The molecule has 5 heteroatoms. The van der Waals surface area contributed by atoms with E-state index in [9.17, 15) is 0 Å². The molecule has 0 bridgehead atoms. The van der Waals surface area contributed by atoms with Gasteiger partial charge in [-0.15, -0.1) is 19.7 Å². The molecule has 0 unspecified atom stereocenters. The molecule has 0 aromatic rings. The summed E-state index contributed by atoms with van der Waals surface area (Å²) >= 11 is 0. The molecule has 0 fully saturated rings. The quantitative estimate of drug-likeness (QED) is 0.293. The van der Waals surface area contributed by atoms with Gasteiger partial charge in [0.2, 0.25) is 0 Å². The highest BCUT2D eigenvalue weighted by atomic mass is 13.0. The molecule has 2 radical (unpaired) electrons. The fourth-order valence-corrected chi connectivity index (χ4v) is 0. The molecule has 0 amide bonds. The van der Waals surface area contributed by atoms with Crippen LogP contribution >= 0.6 is 0 Å². The summed E-state index contributed by atoms with van der Waals surface area (Å²) in [7, 11) is 6.67. The van der Waals surface area contributed by atoms with Crippen LogP contribution in [-0.4, -0.2) is 36.1 Å². The topological polar surface area (TPSA) is 0 Å². The minimum atomic E-state index is 0.484. The zero-order chi connectivity index (χ0) is 5.15. The summed E-state index contributed by atoms with van der Waals surface area (Å²) in [6.45, 7) is 3.28. The molecule has 0 saturated carbocycles. The van der Waals surface area contributed by atoms with E-state index in [4.69, 9.17) is 7.74 Å². The minimum absolute atomic E-state index is 0.484. The van der Waals surface area contributed by atoms with Gasteiger partial charge in [-0.3, -0.25) is 0 Å². The van der Waals surface area contributed by atoms with E-state index in [0.717, 1.165) is 6.49 Å². The van der Waals surface area contributed by atoms with Crippen molar-refractivity contribution in [1.82, 2.24) is 0 Å². The predicted octanol–water partition coefficient (Wildman–Crippen LogP) is -2.93. The summed E-state index contributed by atoms with van der Waals surface area (Å²) in [5.41, 5.74) is 0. The van der Waals surface area contributed by atoms with Crippen molar-refractivity contribution >= 4 is 36.1 Å². The summed E-state index contributed by atoms with van der Waals surface area (Å²) in [4.78, 5) is 0. The molecule has 0 aliphatic carbocycles. The Kier molecular flexibility index (Phi) is 2.62. The zero-order valence-corrected chi connectivity index (χ0v) is 2.73. The first-order valence-corrected chi connectivity index (χ1v) is 1.24. The molecule has 30 valence electrons. The summed E-state index contributed by atoms with van der Waals surface area (Å²) in [5, 5.41) is 0. The van der Waals surface area contributed by atoms with Crippen LogP contribution in [0.1, 0.15) is 0 Å². The van der Waals surface area contributed by atoms with E-state index >= 15 is 0 Å². The number of hydrogen-bond donors (Lipinski definition) is 0. The lowest BCUT2D eigenvalue weighted by atomic mass is 8.87. The van der Waals surface area contributed by atoms with E-state index in [1.807, 2.05) is 0 Å². The van der Waals surface area contributed by atoms with Gasteiger partial charge in [-0.25, -0.2) is 0 Å². The normalized spacial score (nSPS) is 7.83. The molecule has 0 aliphatic rings. The summed E-state index contributed by atoms with van der Waals surface area (Å²) in [5.74, 6) is 0. The SMILES string of the molecule is [B]B([BH3-])B([BH3-])C. The van der Waals surface area contributed by atoms with Crippen LogP contribution in [0.3, 0.4) is 0 Å². The maximum absolute atomic E-state index is 5.61. The van der Waals surface area contributed by atoms with Gasteiger partial charge in [0, 0.05) is 0 Å². The van der Waals surface area contributed by atoms with Crippen LogP contribution in [0.25, 0.3) is 0 Å². The lowest BCUT2D eigenvalue weighted by molar-refractivity contribution is 2.33. The third-order valence-electron chi connectivity index (χ3n) is 0.192. The number of hydrogen-bond acceptors (Lipinski definition) is 0. The minimum Gasteiger partial charge on any atom is -0.150 e. The van der Waals surface area contributed by atoms with Crippen molar-refractivity contribution in [2.24, 2.45) is 0 Å². The van der Waals surface area contributed by atoms with Gasteiger partial charge in [0.1, 0.15) is 0 Å². The van der Waals surface area contributed by atoms with E-state index in [0.29, 0.717) is 21.9 Å². The van der Waals surface area contributed by atoms with Crippen molar-refractivity contribution in [3.8, 4) is 0 Å². The molecule has 0 heterocycles. The first-order chi connectivity index (χ1) is 2.64. The van der Waals surface area contributed by atoms with Crippen molar-refractivity contribution < 1.29 is 0 Å². The van der Waals surface area contributed by atoms with Gasteiger partial charge in [0.05, 0.1) is 0 Å². The third-order valence-corrected chi connectivity index (χ3v) is 0.192. The number of rotatable bonds is 1. The van der Waals surface area contributed by atoms with Crippen LogP contribution in [0, 0.1) is 0 Å². The van der Waals surface area contributed by atoms with E-state index in [-0.39, 0.29) is 0 Å². The Morgan fingerprint density at radius 2 is 1.67 bits per heavy atom. The van der Waals surface area contributed by atoms with Gasteiger partial charge in [0.15, 0.2) is 0 Å². The monoisotopic (exact) mass is 76.1 g/mol. The summed E-state index contributed by atoms with van der Waals surface area (Å²) in [6.07, 6.45) is 0.713. The molecular formula is CH9B5-2. The molecule has 0 saturated heterocycles. The van der Waals surface area contributed by atoms with Crippen molar-refractivity contribution in [2.75, 3.05) is 0 Å². The highest BCUT2D eigenvalue weighted by Crippen LogP contribution is 1.69. The molecule has 0 nitrogen and oxygen atoms in total. The Hall–Kier alpha value is 0.325. The fraction of sp³-hybridized carbons (Fsp3) is 1.00. The van der Waals surface area contributed by atoms with Crippen LogP contribution in [-0.2, 0) is 0 Å². The molecule has 0 aromatic heterocycles. The summed E-state index contributed by atoms with van der Waals surface area (Å²) < 4.78 is 0. The molecular weight excluding hydrogens is 66.1 g/mol. The van der Waals surface area contributed by atoms with Gasteiger partial charge in [-0.2, -0.15) is 0 Å². The van der Waals surface area contributed by atoms with E-state index < -0.39 is 0 Å². The Labute approximate surface area is 43.8 Å². The highest BCUT2D eigenvalue weighted by molar-refractivity contribution is 7.66. The fourth-order valence-electron chi connectivity index (χ4n) is 0. The maximum atomic E-state index is 5.61. The first kappa shape index (κ1) is 6.32. The molecule has 0 rings (SSSR count). The van der Waals surface area contributed by atoms with Crippen molar-refractivity contribution in [2.45, 2.75) is 6.82 Å². The van der Waals surface area contributed by atoms with Crippen LogP contribution in [0.15, 0.2) is 0 Å². The predicted molar refractivity (Wildman–Crippen MR) is 43.0 cm³/mol. The zero-order valence-electron chi connectivity index (χ0n) is 2.73. The van der Waals surface area contributed by atoms with Gasteiger partial charge in [0.25, 0.3) is 0 Å². The third kappa shape index (κ3) is 2.56. The second-order valence-electron chi connectivity index (χ2n) is 0.526. The first-order valence-electron chi connectivity index (χ1n) is 1.24. The van der Waals surface area contributed by atoms with Gasteiger partial charge in [-0.1, -0.05) is 15.5 Å². The van der Waals surface area contributed by atoms with Gasteiger partial charge in [-0.05, 0) is 7.74 Å². The largest absolute Gasteiger partial charge is 0.150 e. The van der Waals surface area contributed by atoms with E-state index in [1.165, 1.54) is 0 Å². The average Bonchev–Trinajstić information content (AvgIpc) is 1.36. The lowest BCUT2D eigenvalue weighted by Crippen LogP contribution is -2.34. The highest BCUT2D eigenvalue weighted by Gasteiger charge is 1.89. The van der Waals surface area contributed by atoms with E-state index in [2.05, 4.69) is 6.82 Å². The Morgan fingerprint density at radius 1 is 1.50 bits per heavy atom. The van der Waals surface area contributed by atoms with E-state index in [1.54, 1.807) is 0 Å². The maximum Gasteiger partial charge on any atom is -0.0373 e. The molecule has 0 spiro atoms. The molecule has 0 aliphatic heterocycles. The Morgan fingerprint density at radius 3 is 1.67 bits per heavy atom. The van der Waals surface area contributed by atoms with Crippen LogP contribution in [0.2, 0.25) is 6.82 Å².